The Hall–Kier alpha value is -0.580. The topological polar surface area (TPSA) is 54.4 Å². The fraction of sp³-hybridized carbons (Fsp3) is 0.143. The molecular weight excluding hydrogens is 200 g/mol. The van der Waals surface area contributed by atoms with Crippen LogP contribution in [-0.4, -0.2) is 13.0 Å². The summed E-state index contributed by atoms with van der Waals surface area (Å²) in [7, 11) is -4.03. The zero-order valence-corrected chi connectivity index (χ0v) is 8.02. The SMILES string of the molecule is Cc1ccccc1S(=O)(=O)O.Cl. The molecular formula is C7H9ClO3S. The van der Waals surface area contributed by atoms with E-state index >= 15 is 0 Å². The van der Waals surface area contributed by atoms with E-state index in [-0.39, 0.29) is 17.3 Å². The molecule has 0 fully saturated rings. The van der Waals surface area contributed by atoms with Crippen LogP contribution in [0.4, 0.5) is 0 Å². The van der Waals surface area contributed by atoms with E-state index in [1.54, 1.807) is 25.1 Å². The Labute approximate surface area is 77.6 Å². The number of hydrogen-bond donors (Lipinski definition) is 1. The van der Waals surface area contributed by atoms with Crippen molar-refractivity contribution in [2.24, 2.45) is 0 Å². The van der Waals surface area contributed by atoms with Gasteiger partial charge >= 0.3 is 0 Å². The van der Waals surface area contributed by atoms with E-state index in [1.807, 2.05) is 0 Å². The molecule has 0 saturated heterocycles. The minimum absolute atomic E-state index is 0. The molecule has 5 heteroatoms. The van der Waals surface area contributed by atoms with Crippen LogP contribution in [0.1, 0.15) is 5.56 Å². The highest BCUT2D eigenvalue weighted by molar-refractivity contribution is 7.85. The van der Waals surface area contributed by atoms with E-state index in [0.717, 1.165) is 0 Å². The maximum absolute atomic E-state index is 10.6. The summed E-state index contributed by atoms with van der Waals surface area (Å²) in [5, 5.41) is 0. The lowest BCUT2D eigenvalue weighted by Gasteiger charge is -1.99. The first-order chi connectivity index (χ1) is 5.02. The zero-order valence-electron chi connectivity index (χ0n) is 6.39. The molecule has 68 valence electrons. The van der Waals surface area contributed by atoms with E-state index < -0.39 is 10.1 Å². The molecule has 0 aromatic heterocycles. The first-order valence-corrected chi connectivity index (χ1v) is 4.49. The molecule has 0 bridgehead atoms. The summed E-state index contributed by atoms with van der Waals surface area (Å²) in [6.07, 6.45) is 0. The standard InChI is InChI=1S/C7H8O3S.ClH/c1-6-4-2-3-5-7(6)11(8,9)10;/h2-5H,1H3,(H,8,9,10);1H. The maximum Gasteiger partial charge on any atom is 0.294 e. The molecule has 1 rings (SSSR count). The van der Waals surface area contributed by atoms with Gasteiger partial charge in [-0.2, -0.15) is 8.42 Å². The monoisotopic (exact) mass is 208 g/mol. The van der Waals surface area contributed by atoms with Gasteiger partial charge in [-0.3, -0.25) is 4.55 Å². The number of rotatable bonds is 1. The third-order valence-electron chi connectivity index (χ3n) is 1.37. The summed E-state index contributed by atoms with van der Waals surface area (Å²) < 4.78 is 29.9. The van der Waals surface area contributed by atoms with Gasteiger partial charge < -0.3 is 0 Å². The molecule has 0 unspecified atom stereocenters. The summed E-state index contributed by atoms with van der Waals surface area (Å²) in [5.74, 6) is 0. The molecule has 3 nitrogen and oxygen atoms in total. The van der Waals surface area contributed by atoms with E-state index in [4.69, 9.17) is 4.55 Å². The Morgan fingerprint density at radius 3 is 2.08 bits per heavy atom. The third-order valence-corrected chi connectivity index (χ3v) is 2.39. The molecule has 1 aromatic rings. The first kappa shape index (κ1) is 11.4. The number of benzene rings is 1. The fourth-order valence-corrected chi connectivity index (χ4v) is 1.57. The van der Waals surface area contributed by atoms with Crippen molar-refractivity contribution in [2.45, 2.75) is 11.8 Å². The highest BCUT2D eigenvalue weighted by Crippen LogP contribution is 2.12. The van der Waals surface area contributed by atoms with E-state index in [0.29, 0.717) is 5.56 Å². The van der Waals surface area contributed by atoms with Crippen LogP contribution < -0.4 is 0 Å². The molecule has 0 amide bonds. The van der Waals surface area contributed by atoms with Crippen LogP contribution in [0.2, 0.25) is 0 Å². The van der Waals surface area contributed by atoms with E-state index in [1.165, 1.54) is 6.07 Å². The Balaban J connectivity index is 0.00000121. The van der Waals surface area contributed by atoms with Crippen molar-refractivity contribution in [2.75, 3.05) is 0 Å². The van der Waals surface area contributed by atoms with Gasteiger partial charge in [-0.05, 0) is 18.6 Å². The van der Waals surface area contributed by atoms with Crippen LogP contribution in [0.3, 0.4) is 0 Å². The quantitative estimate of drug-likeness (QED) is 0.715. The molecule has 0 radical (unpaired) electrons. The second-order valence-electron chi connectivity index (χ2n) is 2.24. The highest BCUT2D eigenvalue weighted by atomic mass is 35.5. The van der Waals surface area contributed by atoms with Crippen LogP contribution in [0.15, 0.2) is 29.2 Å². The van der Waals surface area contributed by atoms with Gasteiger partial charge in [0.2, 0.25) is 0 Å². The second-order valence-corrected chi connectivity index (χ2v) is 3.63. The lowest BCUT2D eigenvalue weighted by atomic mass is 10.2. The van der Waals surface area contributed by atoms with Crippen molar-refractivity contribution in [3.05, 3.63) is 29.8 Å². The van der Waals surface area contributed by atoms with Gasteiger partial charge in [-0.25, -0.2) is 0 Å². The Morgan fingerprint density at radius 1 is 1.25 bits per heavy atom. The fourth-order valence-electron chi connectivity index (χ4n) is 0.846. The Kier molecular flexibility index (Phi) is 3.70. The van der Waals surface area contributed by atoms with Crippen LogP contribution in [0, 0.1) is 6.92 Å². The van der Waals surface area contributed by atoms with Crippen molar-refractivity contribution in [3.8, 4) is 0 Å². The molecule has 1 aromatic carbocycles. The predicted octanol–water partition coefficient (Wildman–Crippen LogP) is 1.66. The van der Waals surface area contributed by atoms with E-state index in [9.17, 15) is 8.42 Å². The van der Waals surface area contributed by atoms with E-state index in [2.05, 4.69) is 0 Å². The first-order valence-electron chi connectivity index (χ1n) is 3.05. The molecule has 0 aliphatic rings. The minimum Gasteiger partial charge on any atom is -0.282 e. The van der Waals surface area contributed by atoms with Crippen molar-refractivity contribution < 1.29 is 13.0 Å². The van der Waals surface area contributed by atoms with Crippen LogP contribution in [0.5, 0.6) is 0 Å². The minimum atomic E-state index is -4.03. The molecule has 0 aliphatic heterocycles. The number of hydrogen-bond acceptors (Lipinski definition) is 2. The lowest BCUT2D eigenvalue weighted by molar-refractivity contribution is 0.482. The highest BCUT2D eigenvalue weighted by Gasteiger charge is 2.10. The van der Waals surface area contributed by atoms with Crippen LogP contribution >= 0.6 is 12.4 Å². The van der Waals surface area contributed by atoms with Gasteiger partial charge in [0.05, 0.1) is 4.90 Å². The van der Waals surface area contributed by atoms with Gasteiger partial charge in [-0.1, -0.05) is 18.2 Å². The summed E-state index contributed by atoms with van der Waals surface area (Å²) >= 11 is 0. The molecule has 0 saturated carbocycles. The smallest absolute Gasteiger partial charge is 0.282 e. The van der Waals surface area contributed by atoms with Gasteiger partial charge in [-0.15, -0.1) is 12.4 Å². The summed E-state index contributed by atoms with van der Waals surface area (Å²) in [6.45, 7) is 1.63. The molecule has 0 aliphatic carbocycles. The van der Waals surface area contributed by atoms with Crippen molar-refractivity contribution in [1.29, 1.82) is 0 Å². The summed E-state index contributed by atoms with van der Waals surface area (Å²) in [5.41, 5.74) is 0.551. The maximum atomic E-state index is 10.6. The Morgan fingerprint density at radius 2 is 1.75 bits per heavy atom. The predicted molar refractivity (Wildman–Crippen MR) is 48.2 cm³/mol. The van der Waals surface area contributed by atoms with Gasteiger partial charge in [0.15, 0.2) is 0 Å². The van der Waals surface area contributed by atoms with Crippen molar-refractivity contribution >= 4 is 22.5 Å². The van der Waals surface area contributed by atoms with Gasteiger partial charge in [0, 0.05) is 0 Å². The summed E-state index contributed by atoms with van der Waals surface area (Å²) in [4.78, 5) is -0.0278. The van der Waals surface area contributed by atoms with Gasteiger partial charge in [0.25, 0.3) is 10.1 Å². The molecule has 0 heterocycles. The Bertz CT molecular complexity index is 359. The van der Waals surface area contributed by atoms with Crippen molar-refractivity contribution in [3.63, 3.8) is 0 Å². The molecule has 12 heavy (non-hydrogen) atoms. The zero-order chi connectivity index (χ0) is 8.48. The normalized spacial score (nSPS) is 10.5. The largest absolute Gasteiger partial charge is 0.294 e. The second kappa shape index (κ2) is 3.89. The van der Waals surface area contributed by atoms with Crippen LogP contribution in [0.25, 0.3) is 0 Å². The van der Waals surface area contributed by atoms with Crippen molar-refractivity contribution in [1.82, 2.24) is 0 Å². The van der Waals surface area contributed by atoms with Crippen LogP contribution in [-0.2, 0) is 10.1 Å². The molecule has 1 N–H and O–H groups in total. The lowest BCUT2D eigenvalue weighted by Crippen LogP contribution is -1.99. The summed E-state index contributed by atoms with van der Waals surface area (Å²) in [6, 6.07) is 6.27. The average molecular weight is 209 g/mol. The molecule has 0 spiro atoms. The average Bonchev–Trinajstić information content (AvgIpc) is 1.86. The van der Waals surface area contributed by atoms with Gasteiger partial charge in [0.1, 0.15) is 0 Å². The number of halogens is 1. The molecule has 0 atom stereocenters. The third kappa shape index (κ3) is 2.48. The number of aryl methyl sites for hydroxylation is 1.